The predicted molar refractivity (Wildman–Crippen MR) is 125 cm³/mol. The summed E-state index contributed by atoms with van der Waals surface area (Å²) in [5, 5.41) is 13.5. The maximum absolute atomic E-state index is 12.4. The average molecular weight is 441 g/mol. The molecule has 0 aliphatic heterocycles. The van der Waals surface area contributed by atoms with E-state index in [9.17, 15) is 14.9 Å². The summed E-state index contributed by atoms with van der Waals surface area (Å²) in [5.74, 6) is 0.352. The Bertz CT molecular complexity index is 1260. The lowest BCUT2D eigenvalue weighted by Crippen LogP contribution is -2.22. The Labute approximate surface area is 191 Å². The van der Waals surface area contributed by atoms with Gasteiger partial charge in [-0.25, -0.2) is 10.4 Å². The maximum atomic E-state index is 12.4. The molecule has 0 unspecified atom stereocenters. The minimum Gasteiger partial charge on any atom is -0.426 e. The second-order valence-corrected chi connectivity index (χ2v) is 7.81. The molecule has 1 aliphatic rings. The smallest absolute Gasteiger partial charge is 0.314 e. The van der Waals surface area contributed by atoms with Gasteiger partial charge in [-0.1, -0.05) is 61.7 Å². The number of benzene rings is 2. The number of anilines is 1. The first-order chi connectivity index (χ1) is 16.1. The maximum Gasteiger partial charge on any atom is 0.314 e. The summed E-state index contributed by atoms with van der Waals surface area (Å²) in [7, 11) is 0. The van der Waals surface area contributed by atoms with Crippen molar-refractivity contribution < 1.29 is 9.53 Å². The van der Waals surface area contributed by atoms with Gasteiger partial charge in [0.25, 0.3) is 5.56 Å². The lowest BCUT2D eigenvalue weighted by atomic mass is 9.89. The van der Waals surface area contributed by atoms with Gasteiger partial charge < -0.3 is 4.74 Å². The molecule has 0 radical (unpaired) electrons. The quantitative estimate of drug-likeness (QED) is 0.255. The van der Waals surface area contributed by atoms with E-state index in [1.54, 1.807) is 42.5 Å². The van der Waals surface area contributed by atoms with E-state index in [1.807, 2.05) is 18.2 Å². The molecule has 0 spiro atoms. The molecule has 1 fully saturated rings. The van der Waals surface area contributed by atoms with Crippen LogP contribution in [0.4, 0.5) is 5.95 Å². The second kappa shape index (κ2) is 10.4. The average Bonchev–Trinajstić information content (AvgIpc) is 2.85. The van der Waals surface area contributed by atoms with Crippen LogP contribution in [0.15, 0.2) is 64.5 Å². The Morgan fingerprint density at radius 2 is 1.94 bits per heavy atom. The van der Waals surface area contributed by atoms with E-state index in [4.69, 9.17) is 4.74 Å². The number of nitriles is 1. The van der Waals surface area contributed by atoms with Crippen LogP contribution in [0.5, 0.6) is 5.75 Å². The van der Waals surface area contributed by atoms with Crippen molar-refractivity contribution in [1.29, 1.82) is 5.26 Å². The van der Waals surface area contributed by atoms with Gasteiger partial charge in [0.2, 0.25) is 5.95 Å². The number of aromatic amines is 1. The molecule has 33 heavy (non-hydrogen) atoms. The van der Waals surface area contributed by atoms with E-state index in [-0.39, 0.29) is 29.1 Å². The van der Waals surface area contributed by atoms with Crippen LogP contribution in [0.25, 0.3) is 11.3 Å². The molecule has 3 aromatic rings. The summed E-state index contributed by atoms with van der Waals surface area (Å²) < 4.78 is 5.55. The number of H-pyrrole nitrogens is 1. The highest BCUT2D eigenvalue weighted by Gasteiger charge is 2.23. The Hall–Kier alpha value is -4.25. The van der Waals surface area contributed by atoms with Crippen molar-refractivity contribution in [2.45, 2.75) is 32.1 Å². The molecule has 2 aromatic carbocycles. The second-order valence-electron chi connectivity index (χ2n) is 7.81. The van der Waals surface area contributed by atoms with E-state index >= 15 is 0 Å². The fourth-order valence-corrected chi connectivity index (χ4v) is 3.80. The molecule has 8 nitrogen and oxygen atoms in total. The van der Waals surface area contributed by atoms with Gasteiger partial charge in [0.05, 0.1) is 17.8 Å². The number of ether oxygens (including phenoxy) is 1. The summed E-state index contributed by atoms with van der Waals surface area (Å²) in [4.78, 5) is 31.6. The molecule has 1 aliphatic carbocycles. The van der Waals surface area contributed by atoms with Crippen molar-refractivity contribution in [2.75, 3.05) is 5.43 Å². The molecule has 4 rings (SSSR count). The molecule has 8 heteroatoms. The highest BCUT2D eigenvalue weighted by molar-refractivity contribution is 5.81. The van der Waals surface area contributed by atoms with Crippen molar-refractivity contribution in [2.24, 2.45) is 11.0 Å². The van der Waals surface area contributed by atoms with Crippen molar-refractivity contribution in [3.8, 4) is 23.1 Å². The molecule has 166 valence electrons. The van der Waals surface area contributed by atoms with Crippen LogP contribution in [0.2, 0.25) is 0 Å². The fourth-order valence-electron chi connectivity index (χ4n) is 3.80. The van der Waals surface area contributed by atoms with Gasteiger partial charge in [-0.3, -0.25) is 14.6 Å². The highest BCUT2D eigenvalue weighted by Crippen LogP contribution is 2.26. The van der Waals surface area contributed by atoms with E-state index in [2.05, 4.69) is 20.5 Å². The molecular weight excluding hydrogens is 418 g/mol. The number of hydrogen-bond acceptors (Lipinski definition) is 7. The summed E-state index contributed by atoms with van der Waals surface area (Å²) in [5.41, 5.74) is 3.70. The summed E-state index contributed by atoms with van der Waals surface area (Å²) in [6, 6.07) is 17.9. The zero-order valence-corrected chi connectivity index (χ0v) is 18.0. The van der Waals surface area contributed by atoms with Crippen LogP contribution in [0, 0.1) is 17.2 Å². The first-order valence-corrected chi connectivity index (χ1v) is 10.8. The number of carbonyl (C=O) groups excluding carboxylic acids is 1. The van der Waals surface area contributed by atoms with E-state index in [0.717, 1.165) is 25.7 Å². The number of nitrogens with one attached hydrogen (secondary N) is 2. The van der Waals surface area contributed by atoms with Crippen LogP contribution >= 0.6 is 0 Å². The van der Waals surface area contributed by atoms with Crippen molar-refractivity contribution in [3.63, 3.8) is 0 Å². The lowest BCUT2D eigenvalue weighted by molar-refractivity contribution is -0.139. The van der Waals surface area contributed by atoms with Gasteiger partial charge in [0, 0.05) is 5.56 Å². The first kappa shape index (κ1) is 22.0. The number of nitrogens with zero attached hydrogens (tertiary/aromatic N) is 3. The predicted octanol–water partition coefficient (Wildman–Crippen LogP) is 4.24. The van der Waals surface area contributed by atoms with Gasteiger partial charge in [-0.15, -0.1) is 0 Å². The highest BCUT2D eigenvalue weighted by atomic mass is 16.5. The van der Waals surface area contributed by atoms with E-state index < -0.39 is 5.56 Å². The zero-order chi connectivity index (χ0) is 23.0. The summed E-state index contributed by atoms with van der Waals surface area (Å²) in [6.07, 6.45) is 6.59. The monoisotopic (exact) mass is 441 g/mol. The third-order valence-corrected chi connectivity index (χ3v) is 5.48. The molecule has 0 amide bonds. The minimum absolute atomic E-state index is 0.0316. The number of rotatable bonds is 6. The molecular formula is C25H23N5O3. The number of esters is 1. The van der Waals surface area contributed by atoms with Crippen LogP contribution in [-0.4, -0.2) is 22.2 Å². The Morgan fingerprint density at radius 3 is 2.70 bits per heavy atom. The Kier molecular flexibility index (Phi) is 6.90. The van der Waals surface area contributed by atoms with Crippen molar-refractivity contribution >= 4 is 18.1 Å². The van der Waals surface area contributed by atoms with Crippen LogP contribution in [-0.2, 0) is 4.79 Å². The first-order valence-electron chi connectivity index (χ1n) is 10.8. The van der Waals surface area contributed by atoms with Gasteiger partial charge >= 0.3 is 5.97 Å². The molecule has 0 bridgehead atoms. The van der Waals surface area contributed by atoms with Gasteiger partial charge in [0.1, 0.15) is 17.4 Å². The van der Waals surface area contributed by atoms with Crippen molar-refractivity contribution in [1.82, 2.24) is 9.97 Å². The number of hydrogen-bond donors (Lipinski definition) is 2. The Morgan fingerprint density at radius 1 is 1.15 bits per heavy atom. The molecule has 1 heterocycles. The SMILES string of the molecule is N#Cc1c(-c2ccccc2)nc(NN=Cc2cccc(OC(=O)C3CCCCC3)c2)[nH]c1=O. The largest absolute Gasteiger partial charge is 0.426 e. The topological polar surface area (TPSA) is 120 Å². The molecule has 0 saturated heterocycles. The normalized spacial score (nSPS) is 14.0. The van der Waals surface area contributed by atoms with E-state index in [1.165, 1.54) is 12.6 Å². The van der Waals surface area contributed by atoms with Gasteiger partial charge in [-0.05, 0) is 30.5 Å². The molecule has 1 saturated carbocycles. The summed E-state index contributed by atoms with van der Waals surface area (Å²) in [6.45, 7) is 0. The van der Waals surface area contributed by atoms with Gasteiger partial charge in [0.15, 0.2) is 0 Å². The van der Waals surface area contributed by atoms with Crippen LogP contribution in [0.3, 0.4) is 0 Å². The third kappa shape index (κ3) is 5.52. The van der Waals surface area contributed by atoms with E-state index in [0.29, 0.717) is 16.9 Å². The van der Waals surface area contributed by atoms with Gasteiger partial charge in [-0.2, -0.15) is 10.4 Å². The number of hydrazone groups is 1. The summed E-state index contributed by atoms with van der Waals surface area (Å²) >= 11 is 0. The molecule has 2 N–H and O–H groups in total. The standard InChI is InChI=1S/C25H23N5O3/c26-15-21-22(18-9-3-1-4-10-18)28-25(29-23(21)31)30-27-16-17-8-7-13-20(14-17)33-24(32)19-11-5-2-6-12-19/h1,3-4,7-10,13-14,16,19H,2,5-6,11-12H2,(H2,28,29,30,31). The Balaban J connectivity index is 1.47. The fraction of sp³-hybridized carbons (Fsp3) is 0.240. The third-order valence-electron chi connectivity index (χ3n) is 5.48. The minimum atomic E-state index is -0.555. The van der Waals surface area contributed by atoms with Crippen molar-refractivity contribution in [3.05, 3.63) is 76.1 Å². The lowest BCUT2D eigenvalue weighted by Gasteiger charge is -2.19. The van der Waals surface area contributed by atoms with Crippen LogP contribution in [0.1, 0.15) is 43.2 Å². The number of aromatic nitrogens is 2. The molecule has 0 atom stereocenters. The zero-order valence-electron chi connectivity index (χ0n) is 18.0. The molecule has 1 aromatic heterocycles. The number of carbonyl (C=O) groups is 1. The van der Waals surface area contributed by atoms with Crippen LogP contribution < -0.4 is 15.7 Å².